The summed E-state index contributed by atoms with van der Waals surface area (Å²) in [5, 5.41) is 0.850. The van der Waals surface area contributed by atoms with E-state index >= 15 is 0 Å². The molecule has 2 aromatic carbocycles. The number of benzene rings is 2. The van der Waals surface area contributed by atoms with Gasteiger partial charge in [-0.25, -0.2) is 9.18 Å². The second kappa shape index (κ2) is 7.95. The van der Waals surface area contributed by atoms with Crippen LogP contribution < -0.4 is 4.90 Å². The van der Waals surface area contributed by atoms with E-state index in [0.29, 0.717) is 37.3 Å². The molecule has 1 saturated heterocycles. The lowest BCUT2D eigenvalue weighted by Gasteiger charge is -2.36. The van der Waals surface area contributed by atoms with Crippen LogP contribution in [-0.4, -0.2) is 49.6 Å². The monoisotopic (exact) mass is 396 g/mol. The molecule has 6 nitrogen and oxygen atoms in total. The van der Waals surface area contributed by atoms with Crippen molar-refractivity contribution in [3.05, 3.63) is 65.7 Å². The smallest absolute Gasteiger partial charge is 0.375 e. The zero-order chi connectivity index (χ0) is 20.4. The molecule has 1 aromatic heterocycles. The summed E-state index contributed by atoms with van der Waals surface area (Å²) in [4.78, 5) is 28.5. The van der Waals surface area contributed by atoms with E-state index in [9.17, 15) is 14.0 Å². The fourth-order valence-electron chi connectivity index (χ4n) is 3.52. The molecule has 1 aliphatic rings. The van der Waals surface area contributed by atoms with Gasteiger partial charge in [-0.3, -0.25) is 4.79 Å². The Morgan fingerprint density at radius 3 is 2.41 bits per heavy atom. The lowest BCUT2D eigenvalue weighted by atomic mass is 10.1. The Bertz CT molecular complexity index is 1040. The average Bonchev–Trinajstić information content (AvgIpc) is 3.09. The number of anilines is 1. The summed E-state index contributed by atoms with van der Waals surface area (Å²) in [6.07, 6.45) is 0. The lowest BCUT2D eigenvalue weighted by Crippen LogP contribution is -2.49. The molecule has 29 heavy (non-hydrogen) atoms. The van der Waals surface area contributed by atoms with E-state index < -0.39 is 5.97 Å². The van der Waals surface area contributed by atoms with Crippen LogP contribution >= 0.6 is 0 Å². The minimum atomic E-state index is -0.642. The van der Waals surface area contributed by atoms with Crippen LogP contribution in [0.1, 0.15) is 16.1 Å². The Morgan fingerprint density at radius 1 is 1.03 bits per heavy atom. The average molecular weight is 396 g/mol. The zero-order valence-corrected chi connectivity index (χ0v) is 16.1. The quantitative estimate of drug-likeness (QED) is 0.633. The molecule has 0 bridgehead atoms. The zero-order valence-electron chi connectivity index (χ0n) is 16.1. The molecule has 150 valence electrons. The predicted octanol–water partition coefficient (Wildman–Crippen LogP) is 3.39. The van der Waals surface area contributed by atoms with Crippen LogP contribution in [0.5, 0.6) is 0 Å². The maximum absolute atomic E-state index is 13.1. The van der Waals surface area contributed by atoms with Crippen molar-refractivity contribution in [2.75, 3.05) is 37.7 Å². The topological polar surface area (TPSA) is 63.0 Å². The Balaban J connectivity index is 1.31. The number of fused-ring (bicyclic) bond motifs is 1. The summed E-state index contributed by atoms with van der Waals surface area (Å²) in [6, 6.07) is 13.7. The molecule has 0 atom stereocenters. The Kier molecular flexibility index (Phi) is 5.20. The molecule has 0 N–H and O–H groups in total. The molecule has 3 aromatic rings. The van der Waals surface area contributed by atoms with Gasteiger partial charge in [0, 0.05) is 42.8 Å². The van der Waals surface area contributed by atoms with Gasteiger partial charge in [0.1, 0.15) is 11.4 Å². The molecule has 0 unspecified atom stereocenters. The van der Waals surface area contributed by atoms with Crippen LogP contribution in [0.25, 0.3) is 11.0 Å². The van der Waals surface area contributed by atoms with Gasteiger partial charge < -0.3 is 19.0 Å². The first kappa shape index (κ1) is 19.0. The van der Waals surface area contributed by atoms with Crippen molar-refractivity contribution in [1.82, 2.24) is 4.90 Å². The number of aryl methyl sites for hydroxylation is 1. The minimum Gasteiger partial charge on any atom is -0.450 e. The van der Waals surface area contributed by atoms with Gasteiger partial charge in [-0.05, 0) is 37.3 Å². The molecule has 1 fully saturated rings. The summed E-state index contributed by atoms with van der Waals surface area (Å²) in [7, 11) is 0. The highest BCUT2D eigenvalue weighted by atomic mass is 19.1. The number of esters is 1. The van der Waals surface area contributed by atoms with Crippen LogP contribution in [0, 0.1) is 12.7 Å². The molecule has 1 amide bonds. The van der Waals surface area contributed by atoms with Crippen LogP contribution in [0.2, 0.25) is 0 Å². The van der Waals surface area contributed by atoms with E-state index in [4.69, 9.17) is 9.15 Å². The van der Waals surface area contributed by atoms with Gasteiger partial charge in [-0.1, -0.05) is 18.2 Å². The van der Waals surface area contributed by atoms with Gasteiger partial charge in [-0.2, -0.15) is 0 Å². The maximum Gasteiger partial charge on any atom is 0.375 e. The molecular formula is C22H21FN2O4. The molecule has 0 saturated carbocycles. The maximum atomic E-state index is 13.1. The molecule has 2 heterocycles. The fraction of sp³-hybridized carbons (Fsp3) is 0.273. The summed E-state index contributed by atoms with van der Waals surface area (Å²) in [5.74, 6) is -1.04. The number of amides is 1. The Labute approximate surface area is 167 Å². The number of carbonyl (C=O) groups is 2. The largest absolute Gasteiger partial charge is 0.450 e. The number of ether oxygens (including phenoxy) is 1. The van der Waals surface area contributed by atoms with Crippen molar-refractivity contribution in [2.45, 2.75) is 6.92 Å². The molecular weight excluding hydrogens is 375 g/mol. The Hall–Kier alpha value is -3.35. The highest BCUT2D eigenvalue weighted by Crippen LogP contribution is 2.25. The minimum absolute atomic E-state index is 0.125. The van der Waals surface area contributed by atoms with E-state index in [2.05, 4.69) is 4.90 Å². The predicted molar refractivity (Wildman–Crippen MR) is 106 cm³/mol. The first-order valence-corrected chi connectivity index (χ1v) is 9.46. The number of hydrogen-bond acceptors (Lipinski definition) is 5. The fourth-order valence-corrected chi connectivity index (χ4v) is 3.52. The normalized spacial score (nSPS) is 14.3. The summed E-state index contributed by atoms with van der Waals surface area (Å²) >= 11 is 0. The number of para-hydroxylation sites is 1. The van der Waals surface area contributed by atoms with Gasteiger partial charge in [0.05, 0.1) is 0 Å². The van der Waals surface area contributed by atoms with Crippen molar-refractivity contribution in [3.63, 3.8) is 0 Å². The van der Waals surface area contributed by atoms with Gasteiger partial charge >= 0.3 is 5.97 Å². The highest BCUT2D eigenvalue weighted by molar-refractivity contribution is 5.96. The Morgan fingerprint density at radius 2 is 1.72 bits per heavy atom. The number of piperazine rings is 1. The summed E-state index contributed by atoms with van der Waals surface area (Å²) in [5.41, 5.74) is 2.23. The van der Waals surface area contributed by atoms with E-state index in [1.165, 1.54) is 12.1 Å². The van der Waals surface area contributed by atoms with Crippen molar-refractivity contribution >= 4 is 28.5 Å². The van der Waals surface area contributed by atoms with Crippen molar-refractivity contribution in [2.24, 2.45) is 0 Å². The van der Waals surface area contributed by atoms with Gasteiger partial charge in [-0.15, -0.1) is 0 Å². The SMILES string of the molecule is Cc1c(C(=O)OCC(=O)N2CCN(c3ccc(F)cc3)CC2)oc2ccccc12. The second-order valence-corrected chi connectivity index (χ2v) is 6.97. The van der Waals surface area contributed by atoms with Crippen LogP contribution in [0.15, 0.2) is 52.9 Å². The molecule has 7 heteroatoms. The van der Waals surface area contributed by atoms with Crippen molar-refractivity contribution in [1.29, 1.82) is 0 Å². The van der Waals surface area contributed by atoms with Crippen LogP contribution in [0.4, 0.5) is 10.1 Å². The number of halogens is 1. The first-order chi connectivity index (χ1) is 14.0. The van der Waals surface area contributed by atoms with E-state index in [0.717, 1.165) is 11.1 Å². The standard InChI is InChI=1S/C22H21FN2O4/c1-15-18-4-2-3-5-19(18)29-21(15)22(27)28-14-20(26)25-12-10-24(11-13-25)17-8-6-16(23)7-9-17/h2-9H,10-14H2,1H3. The van der Waals surface area contributed by atoms with E-state index in [1.54, 1.807) is 30.0 Å². The summed E-state index contributed by atoms with van der Waals surface area (Å²) < 4.78 is 23.8. The van der Waals surface area contributed by atoms with Crippen LogP contribution in [-0.2, 0) is 9.53 Å². The second-order valence-electron chi connectivity index (χ2n) is 6.97. The number of rotatable bonds is 4. The number of hydrogen-bond donors (Lipinski definition) is 0. The number of carbonyl (C=O) groups excluding carboxylic acids is 2. The van der Waals surface area contributed by atoms with Crippen molar-refractivity contribution in [3.8, 4) is 0 Å². The van der Waals surface area contributed by atoms with Crippen molar-refractivity contribution < 1.29 is 23.1 Å². The van der Waals surface area contributed by atoms with E-state index in [1.807, 2.05) is 18.2 Å². The molecule has 1 aliphatic heterocycles. The van der Waals surface area contributed by atoms with Gasteiger partial charge in [0.2, 0.25) is 5.76 Å². The number of nitrogens with zero attached hydrogens (tertiary/aromatic N) is 2. The molecule has 4 rings (SSSR count). The van der Waals surface area contributed by atoms with Gasteiger partial charge in [0.15, 0.2) is 6.61 Å². The van der Waals surface area contributed by atoms with Crippen LogP contribution in [0.3, 0.4) is 0 Å². The third kappa shape index (κ3) is 3.94. The third-order valence-electron chi connectivity index (χ3n) is 5.18. The number of furan rings is 1. The lowest BCUT2D eigenvalue weighted by molar-refractivity contribution is -0.134. The summed E-state index contributed by atoms with van der Waals surface area (Å²) in [6.45, 7) is 3.75. The molecule has 0 spiro atoms. The molecule has 0 aliphatic carbocycles. The highest BCUT2D eigenvalue weighted by Gasteiger charge is 2.24. The molecule has 0 radical (unpaired) electrons. The van der Waals surface area contributed by atoms with E-state index in [-0.39, 0.29) is 24.1 Å². The van der Waals surface area contributed by atoms with Gasteiger partial charge in [0.25, 0.3) is 5.91 Å². The first-order valence-electron chi connectivity index (χ1n) is 9.46. The third-order valence-corrected chi connectivity index (χ3v) is 5.18.